The minimum Gasteiger partial charge on any atom is -0.492 e. The molecule has 0 spiro atoms. The van der Waals surface area contributed by atoms with Crippen molar-refractivity contribution in [1.29, 1.82) is 0 Å². The number of hydrogen-bond donors (Lipinski definition) is 2. The summed E-state index contributed by atoms with van der Waals surface area (Å²) in [6.07, 6.45) is 2.27. The van der Waals surface area contributed by atoms with Crippen molar-refractivity contribution in [3.05, 3.63) is 58.6 Å². The Balaban J connectivity index is 1.22. The van der Waals surface area contributed by atoms with Crippen LogP contribution in [0.5, 0.6) is 11.5 Å². The van der Waals surface area contributed by atoms with Crippen LogP contribution in [0.4, 0.5) is 4.79 Å². The largest absolute Gasteiger partial charge is 0.492 e. The van der Waals surface area contributed by atoms with Gasteiger partial charge in [0.25, 0.3) is 0 Å². The minimum absolute atomic E-state index is 0.0196. The number of aryl methyl sites for hydroxylation is 1. The molecule has 4 rings (SSSR count). The Bertz CT molecular complexity index is 971. The highest BCUT2D eigenvalue weighted by Crippen LogP contribution is 2.29. The number of ether oxygens (including phenoxy) is 2. The highest BCUT2D eigenvalue weighted by atomic mass is 35.5. The van der Waals surface area contributed by atoms with Crippen LogP contribution >= 0.6 is 11.6 Å². The van der Waals surface area contributed by atoms with E-state index >= 15 is 0 Å². The molecule has 2 aliphatic rings. The molecular formula is C26H34ClN3O4. The summed E-state index contributed by atoms with van der Waals surface area (Å²) >= 11 is 6.24. The van der Waals surface area contributed by atoms with Crippen LogP contribution < -0.4 is 14.8 Å². The van der Waals surface area contributed by atoms with Crippen molar-refractivity contribution < 1.29 is 19.4 Å². The fourth-order valence-corrected chi connectivity index (χ4v) is 4.59. The van der Waals surface area contributed by atoms with Crippen LogP contribution in [-0.2, 0) is 6.54 Å². The van der Waals surface area contributed by atoms with Crippen LogP contribution in [0.3, 0.4) is 0 Å². The minimum atomic E-state index is -0.855. The maximum absolute atomic E-state index is 11.6. The number of benzene rings is 2. The highest BCUT2D eigenvalue weighted by molar-refractivity contribution is 6.32. The second-order valence-electron chi connectivity index (χ2n) is 9.29. The van der Waals surface area contributed by atoms with E-state index in [2.05, 4.69) is 22.3 Å². The summed E-state index contributed by atoms with van der Waals surface area (Å²) in [4.78, 5) is 15.7. The van der Waals surface area contributed by atoms with Gasteiger partial charge in [0.05, 0.1) is 17.2 Å². The summed E-state index contributed by atoms with van der Waals surface area (Å²) in [5, 5.41) is 14.5. The number of carbonyl (C=O) groups excluding carboxylic acids is 1. The zero-order valence-electron chi connectivity index (χ0n) is 19.8. The average Bonchev–Trinajstić information content (AvgIpc) is 3.14. The Hall–Kier alpha value is -2.48. The molecule has 0 aliphatic carbocycles. The number of hydrogen-bond acceptors (Lipinski definition) is 5. The van der Waals surface area contributed by atoms with E-state index in [0.717, 1.165) is 43.9 Å². The molecule has 2 fully saturated rings. The summed E-state index contributed by atoms with van der Waals surface area (Å²) in [6, 6.07) is 13.8. The van der Waals surface area contributed by atoms with Crippen LogP contribution in [0.25, 0.3) is 0 Å². The zero-order chi connectivity index (χ0) is 24.0. The average molecular weight is 488 g/mol. The van der Waals surface area contributed by atoms with Crippen molar-refractivity contribution in [2.24, 2.45) is 0 Å². The molecule has 1 atom stereocenters. The summed E-state index contributed by atoms with van der Waals surface area (Å²) in [6.45, 7) is 7.31. The molecule has 7 nitrogen and oxygen atoms in total. The number of aliphatic hydroxyl groups is 1. The van der Waals surface area contributed by atoms with Crippen LogP contribution in [0, 0.1) is 6.92 Å². The second-order valence-corrected chi connectivity index (χ2v) is 9.70. The van der Waals surface area contributed by atoms with Crippen molar-refractivity contribution in [3.8, 4) is 11.5 Å². The van der Waals surface area contributed by atoms with Gasteiger partial charge in [-0.25, -0.2) is 4.79 Å². The van der Waals surface area contributed by atoms with Gasteiger partial charge in [0, 0.05) is 26.2 Å². The van der Waals surface area contributed by atoms with Crippen LogP contribution in [-0.4, -0.2) is 72.5 Å². The second kappa shape index (κ2) is 11.3. The molecule has 0 radical (unpaired) electrons. The standard InChI is InChI=1S/C26H34ClN3O4/c1-20-3-8-23(27)24(17-20)34-19-26(32)9-2-12-29(13-10-26)18-21-4-6-22(7-5-21)33-16-15-30-14-11-28-25(30)31/h3-8,17,32H,2,9-16,18-19H2,1H3,(H,28,31). The molecule has 2 heterocycles. The first-order chi connectivity index (χ1) is 16.4. The first-order valence-electron chi connectivity index (χ1n) is 12.0. The highest BCUT2D eigenvalue weighted by Gasteiger charge is 2.31. The van der Waals surface area contributed by atoms with E-state index in [1.807, 2.05) is 37.3 Å². The van der Waals surface area contributed by atoms with Gasteiger partial charge in [-0.3, -0.25) is 4.90 Å². The molecule has 0 saturated carbocycles. The van der Waals surface area contributed by atoms with Crippen LogP contribution in [0.1, 0.15) is 30.4 Å². The smallest absolute Gasteiger partial charge is 0.317 e. The summed E-state index contributed by atoms with van der Waals surface area (Å²) in [5.41, 5.74) is 1.43. The third-order valence-corrected chi connectivity index (χ3v) is 6.81. The van der Waals surface area contributed by atoms with Gasteiger partial charge in [0.1, 0.15) is 24.7 Å². The maximum Gasteiger partial charge on any atom is 0.317 e. The van der Waals surface area contributed by atoms with Gasteiger partial charge >= 0.3 is 6.03 Å². The number of nitrogens with one attached hydrogen (secondary N) is 1. The summed E-state index contributed by atoms with van der Waals surface area (Å²) in [7, 11) is 0. The number of urea groups is 1. The Kier molecular flexibility index (Phi) is 8.19. The van der Waals surface area contributed by atoms with Gasteiger partial charge in [0.15, 0.2) is 0 Å². The van der Waals surface area contributed by atoms with E-state index in [1.54, 1.807) is 4.90 Å². The summed E-state index contributed by atoms with van der Waals surface area (Å²) < 4.78 is 11.7. The van der Waals surface area contributed by atoms with Gasteiger partial charge in [0.2, 0.25) is 0 Å². The molecule has 34 heavy (non-hydrogen) atoms. The number of halogens is 1. The maximum atomic E-state index is 11.6. The topological polar surface area (TPSA) is 74.3 Å². The Morgan fingerprint density at radius 1 is 1.09 bits per heavy atom. The number of nitrogens with zero attached hydrogens (tertiary/aromatic N) is 2. The van der Waals surface area contributed by atoms with E-state index < -0.39 is 5.60 Å². The van der Waals surface area contributed by atoms with E-state index in [9.17, 15) is 9.90 Å². The lowest BCUT2D eigenvalue weighted by Crippen LogP contribution is -2.37. The van der Waals surface area contributed by atoms with E-state index in [0.29, 0.717) is 43.3 Å². The van der Waals surface area contributed by atoms with Crippen molar-refractivity contribution in [2.75, 3.05) is 45.9 Å². The number of rotatable bonds is 9. The van der Waals surface area contributed by atoms with Crippen molar-refractivity contribution >= 4 is 17.6 Å². The lowest BCUT2D eigenvalue weighted by atomic mass is 9.96. The first-order valence-corrected chi connectivity index (χ1v) is 12.4. The molecule has 2 saturated heterocycles. The normalized spacial score (nSPS) is 21.3. The number of amides is 2. The van der Waals surface area contributed by atoms with E-state index in [1.165, 1.54) is 5.56 Å². The van der Waals surface area contributed by atoms with Crippen molar-refractivity contribution in [2.45, 2.75) is 38.3 Å². The fraction of sp³-hybridized carbons (Fsp3) is 0.500. The van der Waals surface area contributed by atoms with E-state index in [4.69, 9.17) is 21.1 Å². The van der Waals surface area contributed by atoms with E-state index in [-0.39, 0.29) is 12.6 Å². The Labute approximate surface area is 206 Å². The monoisotopic (exact) mass is 487 g/mol. The molecule has 2 aliphatic heterocycles. The lowest BCUT2D eigenvalue weighted by molar-refractivity contribution is -0.0168. The first kappa shape index (κ1) is 24.6. The lowest BCUT2D eigenvalue weighted by Gasteiger charge is -2.27. The quantitative estimate of drug-likeness (QED) is 0.562. The Morgan fingerprint density at radius 3 is 2.68 bits per heavy atom. The number of likely N-dealkylation sites (tertiary alicyclic amines) is 1. The predicted octanol–water partition coefficient (Wildman–Crippen LogP) is 3.85. The molecule has 0 aromatic heterocycles. The summed E-state index contributed by atoms with van der Waals surface area (Å²) in [5.74, 6) is 1.43. The number of carbonyl (C=O) groups is 1. The molecule has 0 bridgehead atoms. The third-order valence-electron chi connectivity index (χ3n) is 6.50. The third kappa shape index (κ3) is 6.78. The van der Waals surface area contributed by atoms with Crippen LogP contribution in [0.2, 0.25) is 5.02 Å². The molecule has 2 aromatic carbocycles. The van der Waals surface area contributed by atoms with Gasteiger partial charge < -0.3 is 24.8 Å². The molecule has 184 valence electrons. The van der Waals surface area contributed by atoms with Gasteiger partial charge in [-0.1, -0.05) is 29.8 Å². The van der Waals surface area contributed by atoms with Gasteiger partial charge in [-0.05, 0) is 68.1 Å². The SMILES string of the molecule is Cc1ccc(Cl)c(OCC2(O)CCCN(Cc3ccc(OCCN4CCNC4=O)cc3)CC2)c1. The molecule has 1 unspecified atom stereocenters. The molecule has 2 N–H and O–H groups in total. The predicted molar refractivity (Wildman–Crippen MR) is 133 cm³/mol. The molecule has 8 heteroatoms. The zero-order valence-corrected chi connectivity index (χ0v) is 20.5. The molecular weight excluding hydrogens is 454 g/mol. The molecule has 2 amide bonds. The van der Waals surface area contributed by atoms with Crippen molar-refractivity contribution in [1.82, 2.24) is 15.1 Å². The van der Waals surface area contributed by atoms with Crippen LogP contribution in [0.15, 0.2) is 42.5 Å². The Morgan fingerprint density at radius 2 is 1.91 bits per heavy atom. The van der Waals surface area contributed by atoms with Crippen molar-refractivity contribution in [3.63, 3.8) is 0 Å². The van der Waals surface area contributed by atoms with Gasteiger partial charge in [-0.2, -0.15) is 0 Å². The molecule has 2 aromatic rings. The van der Waals surface area contributed by atoms with Gasteiger partial charge in [-0.15, -0.1) is 0 Å². The fourth-order valence-electron chi connectivity index (χ4n) is 4.42.